The lowest BCUT2D eigenvalue weighted by Gasteiger charge is -2.28. The van der Waals surface area contributed by atoms with Crippen molar-refractivity contribution in [3.63, 3.8) is 0 Å². The second-order valence-corrected chi connectivity index (χ2v) is 7.07. The number of carbonyl (C=O) groups excluding carboxylic acids is 1. The van der Waals surface area contributed by atoms with Gasteiger partial charge in [0.2, 0.25) is 15.9 Å². The average molecular weight is 354 g/mol. The number of anilines is 2. The molecule has 0 aliphatic carbocycles. The Morgan fingerprint density at radius 2 is 1.71 bits per heavy atom. The minimum Gasteiger partial charge on any atom is -0.324 e. The van der Waals surface area contributed by atoms with E-state index in [1.165, 1.54) is 37.3 Å². The first kappa shape index (κ1) is 17.9. The summed E-state index contributed by atoms with van der Waals surface area (Å²) in [4.78, 5) is 12.3. The summed E-state index contributed by atoms with van der Waals surface area (Å²) in [5.41, 5.74) is 0.361. The van der Waals surface area contributed by atoms with Gasteiger partial charge in [0.25, 0.3) is 0 Å². The van der Waals surface area contributed by atoms with Gasteiger partial charge in [0, 0.05) is 5.69 Å². The molecule has 0 saturated carbocycles. The summed E-state index contributed by atoms with van der Waals surface area (Å²) >= 11 is 0. The van der Waals surface area contributed by atoms with Gasteiger partial charge in [-0.3, -0.25) is 9.10 Å². The van der Waals surface area contributed by atoms with Gasteiger partial charge in [0.1, 0.15) is 17.7 Å². The smallest absolute Gasteiger partial charge is 0.247 e. The predicted octanol–water partition coefficient (Wildman–Crippen LogP) is 2.76. The summed E-state index contributed by atoms with van der Waals surface area (Å²) in [5.74, 6) is -1.70. The highest BCUT2D eigenvalue weighted by molar-refractivity contribution is 7.92. The van der Waals surface area contributed by atoms with Crippen LogP contribution in [0.5, 0.6) is 0 Å². The maximum atomic E-state index is 13.2. The largest absolute Gasteiger partial charge is 0.324 e. The Hall–Kier alpha value is -2.48. The first-order chi connectivity index (χ1) is 11.2. The minimum absolute atomic E-state index is 0.154. The Balaban J connectivity index is 2.29. The lowest BCUT2D eigenvalue weighted by molar-refractivity contribution is -0.116. The fraction of sp³-hybridized carbons (Fsp3) is 0.188. The summed E-state index contributed by atoms with van der Waals surface area (Å²) in [6, 6.07) is 8.86. The molecule has 8 heteroatoms. The third kappa shape index (κ3) is 4.29. The monoisotopic (exact) mass is 354 g/mol. The molecule has 128 valence electrons. The van der Waals surface area contributed by atoms with Crippen molar-refractivity contribution in [1.82, 2.24) is 0 Å². The molecule has 0 spiro atoms. The van der Waals surface area contributed by atoms with E-state index < -0.39 is 33.6 Å². The second-order valence-electron chi connectivity index (χ2n) is 5.21. The lowest BCUT2D eigenvalue weighted by Crippen LogP contribution is -2.45. The van der Waals surface area contributed by atoms with E-state index in [0.717, 1.165) is 28.8 Å². The molecule has 24 heavy (non-hydrogen) atoms. The summed E-state index contributed by atoms with van der Waals surface area (Å²) in [7, 11) is -3.80. The highest BCUT2D eigenvalue weighted by atomic mass is 32.2. The van der Waals surface area contributed by atoms with E-state index in [-0.39, 0.29) is 11.4 Å². The molecule has 0 fully saturated rings. The van der Waals surface area contributed by atoms with Crippen LogP contribution < -0.4 is 9.62 Å². The van der Waals surface area contributed by atoms with Gasteiger partial charge in [-0.1, -0.05) is 6.07 Å². The van der Waals surface area contributed by atoms with Crippen LogP contribution in [0.3, 0.4) is 0 Å². The van der Waals surface area contributed by atoms with Crippen LogP contribution in [0.4, 0.5) is 20.2 Å². The molecule has 1 N–H and O–H groups in total. The van der Waals surface area contributed by atoms with E-state index >= 15 is 0 Å². The normalized spacial score (nSPS) is 12.5. The summed E-state index contributed by atoms with van der Waals surface area (Å²) in [6.07, 6.45) is 0.947. The van der Waals surface area contributed by atoms with Crippen LogP contribution >= 0.6 is 0 Å². The van der Waals surface area contributed by atoms with Gasteiger partial charge in [0.05, 0.1) is 11.9 Å². The summed E-state index contributed by atoms with van der Waals surface area (Å²) in [5, 5.41) is 2.46. The van der Waals surface area contributed by atoms with Crippen molar-refractivity contribution in [3.8, 4) is 0 Å². The van der Waals surface area contributed by atoms with Crippen LogP contribution in [0.15, 0.2) is 48.5 Å². The van der Waals surface area contributed by atoms with Crippen LogP contribution in [0, 0.1) is 11.6 Å². The molecule has 0 radical (unpaired) electrons. The van der Waals surface area contributed by atoms with Gasteiger partial charge in [-0.25, -0.2) is 17.2 Å². The topological polar surface area (TPSA) is 66.5 Å². The van der Waals surface area contributed by atoms with Crippen molar-refractivity contribution in [1.29, 1.82) is 0 Å². The van der Waals surface area contributed by atoms with Crippen LogP contribution in [0.1, 0.15) is 6.92 Å². The highest BCUT2D eigenvalue weighted by Gasteiger charge is 2.29. The standard InChI is InChI=1S/C16H16F2N2O3S/c1-11(16(21)19-14-5-3-4-13(18)10-14)20(24(2,22)23)15-8-6-12(17)7-9-15/h3-11H,1-2H3,(H,19,21)/t11-/m0/s1. The number of hydrogen-bond acceptors (Lipinski definition) is 3. The number of sulfonamides is 1. The van der Waals surface area contributed by atoms with Crippen molar-refractivity contribution >= 4 is 27.3 Å². The zero-order chi connectivity index (χ0) is 17.9. The highest BCUT2D eigenvalue weighted by Crippen LogP contribution is 2.22. The lowest BCUT2D eigenvalue weighted by atomic mass is 10.2. The molecular weight excluding hydrogens is 338 g/mol. The van der Waals surface area contributed by atoms with E-state index in [0.29, 0.717) is 0 Å². The maximum absolute atomic E-state index is 13.2. The molecule has 0 aliphatic rings. The van der Waals surface area contributed by atoms with Crippen LogP contribution in [0.25, 0.3) is 0 Å². The maximum Gasteiger partial charge on any atom is 0.247 e. The number of benzene rings is 2. The number of halogens is 2. The van der Waals surface area contributed by atoms with Gasteiger partial charge in [-0.2, -0.15) is 0 Å². The van der Waals surface area contributed by atoms with E-state index in [9.17, 15) is 22.0 Å². The summed E-state index contributed by atoms with van der Waals surface area (Å²) < 4.78 is 51.2. The molecular formula is C16H16F2N2O3S. The molecule has 5 nitrogen and oxygen atoms in total. The van der Waals surface area contributed by atoms with Gasteiger partial charge < -0.3 is 5.32 Å². The molecule has 0 unspecified atom stereocenters. The third-order valence-electron chi connectivity index (χ3n) is 3.26. The number of amides is 1. The Labute approximate surface area is 139 Å². The van der Waals surface area contributed by atoms with E-state index in [1.54, 1.807) is 0 Å². The Morgan fingerprint density at radius 3 is 2.25 bits per heavy atom. The number of hydrogen-bond donors (Lipinski definition) is 1. The van der Waals surface area contributed by atoms with E-state index in [4.69, 9.17) is 0 Å². The molecule has 0 bridgehead atoms. The Bertz CT molecular complexity index is 839. The fourth-order valence-electron chi connectivity index (χ4n) is 2.21. The van der Waals surface area contributed by atoms with E-state index in [2.05, 4.69) is 5.32 Å². The zero-order valence-electron chi connectivity index (χ0n) is 13.0. The number of carbonyl (C=O) groups is 1. The second kappa shape index (κ2) is 6.96. The molecule has 1 amide bonds. The minimum atomic E-state index is -3.80. The fourth-order valence-corrected chi connectivity index (χ4v) is 3.38. The number of nitrogens with one attached hydrogen (secondary N) is 1. The molecule has 2 rings (SSSR count). The van der Waals surface area contributed by atoms with Crippen molar-refractivity contribution in [2.24, 2.45) is 0 Å². The first-order valence-corrected chi connectivity index (χ1v) is 8.85. The number of rotatable bonds is 5. The third-order valence-corrected chi connectivity index (χ3v) is 4.50. The average Bonchev–Trinajstić information content (AvgIpc) is 2.48. The number of nitrogens with zero attached hydrogens (tertiary/aromatic N) is 1. The molecule has 0 aromatic heterocycles. The van der Waals surface area contributed by atoms with Crippen molar-refractivity contribution in [2.75, 3.05) is 15.9 Å². The van der Waals surface area contributed by atoms with Gasteiger partial charge >= 0.3 is 0 Å². The van der Waals surface area contributed by atoms with Crippen molar-refractivity contribution < 1.29 is 22.0 Å². The Kier molecular flexibility index (Phi) is 5.18. The quantitative estimate of drug-likeness (QED) is 0.898. The van der Waals surface area contributed by atoms with E-state index in [1.807, 2.05) is 0 Å². The van der Waals surface area contributed by atoms with Gasteiger partial charge in [0.15, 0.2) is 0 Å². The van der Waals surface area contributed by atoms with Crippen LogP contribution in [-0.4, -0.2) is 26.6 Å². The SMILES string of the molecule is C[C@@H](C(=O)Nc1cccc(F)c1)N(c1ccc(F)cc1)S(C)(=O)=O. The van der Waals surface area contributed by atoms with Crippen LogP contribution in [-0.2, 0) is 14.8 Å². The molecule has 1 atom stereocenters. The van der Waals surface area contributed by atoms with Crippen molar-refractivity contribution in [2.45, 2.75) is 13.0 Å². The molecule has 0 saturated heterocycles. The molecule has 2 aromatic carbocycles. The van der Waals surface area contributed by atoms with Gasteiger partial charge in [-0.15, -0.1) is 0 Å². The molecule has 0 heterocycles. The van der Waals surface area contributed by atoms with Crippen molar-refractivity contribution in [3.05, 3.63) is 60.2 Å². The molecule has 2 aromatic rings. The molecule has 0 aliphatic heterocycles. The first-order valence-electron chi connectivity index (χ1n) is 7.00. The van der Waals surface area contributed by atoms with Crippen LogP contribution in [0.2, 0.25) is 0 Å². The van der Waals surface area contributed by atoms with Gasteiger partial charge in [-0.05, 0) is 49.4 Å². The zero-order valence-corrected chi connectivity index (χ0v) is 13.8. The Morgan fingerprint density at radius 1 is 1.08 bits per heavy atom. The summed E-state index contributed by atoms with van der Waals surface area (Å²) in [6.45, 7) is 1.39. The predicted molar refractivity (Wildman–Crippen MR) is 88.2 cm³/mol.